The normalized spacial score (nSPS) is 18.1. The molecular formula is C25H28N8O3S. The lowest BCUT2D eigenvalue weighted by Gasteiger charge is -2.36. The number of thiophene rings is 1. The molecule has 1 aliphatic heterocycles. The molecule has 1 atom stereocenters. The summed E-state index contributed by atoms with van der Waals surface area (Å²) in [6, 6.07) is 6.04. The summed E-state index contributed by atoms with van der Waals surface area (Å²) in [6.07, 6.45) is 5.32. The molecule has 37 heavy (non-hydrogen) atoms. The minimum atomic E-state index is -0.400. The average molecular weight is 521 g/mol. The summed E-state index contributed by atoms with van der Waals surface area (Å²) in [4.78, 5) is 45.0. The summed E-state index contributed by atoms with van der Waals surface area (Å²) >= 11 is 1.66. The number of aryl methyl sites for hydroxylation is 1. The summed E-state index contributed by atoms with van der Waals surface area (Å²) in [5.41, 5.74) is 3.17. The maximum atomic E-state index is 13.4. The molecule has 2 aliphatic rings. The van der Waals surface area contributed by atoms with Crippen molar-refractivity contribution in [1.82, 2.24) is 35.0 Å². The van der Waals surface area contributed by atoms with Gasteiger partial charge >= 0.3 is 6.09 Å². The number of nitrogens with one attached hydrogen (secondary N) is 2. The van der Waals surface area contributed by atoms with Crippen LogP contribution < -0.4 is 5.32 Å². The Hall–Kier alpha value is -3.77. The van der Waals surface area contributed by atoms with Crippen LogP contribution in [0.4, 0.5) is 16.3 Å². The van der Waals surface area contributed by atoms with E-state index in [1.165, 1.54) is 15.3 Å². The van der Waals surface area contributed by atoms with E-state index in [4.69, 9.17) is 4.84 Å². The molecule has 2 N–H and O–H groups in total. The Morgan fingerprint density at radius 3 is 2.84 bits per heavy atom. The van der Waals surface area contributed by atoms with Gasteiger partial charge in [-0.1, -0.05) is 0 Å². The highest BCUT2D eigenvalue weighted by molar-refractivity contribution is 7.19. The van der Waals surface area contributed by atoms with Crippen LogP contribution in [-0.4, -0.2) is 87.3 Å². The molecule has 1 fully saturated rings. The van der Waals surface area contributed by atoms with E-state index in [0.29, 0.717) is 32.6 Å². The third-order valence-electron chi connectivity index (χ3n) is 7.02. The molecule has 0 spiro atoms. The molecule has 6 rings (SSSR count). The SMILES string of the molecule is CN(C)C(=O)ON1CCN(C(=O)C2CCc3c(sc4ncnc(Nc5ccc6[nH]ncc6c5)c34)C2)CC1. The summed E-state index contributed by atoms with van der Waals surface area (Å²) in [5.74, 6) is 0.919. The van der Waals surface area contributed by atoms with Gasteiger partial charge in [0.1, 0.15) is 17.0 Å². The minimum absolute atomic E-state index is 0.0516. The molecule has 0 bridgehead atoms. The third kappa shape index (κ3) is 4.58. The topological polar surface area (TPSA) is 120 Å². The van der Waals surface area contributed by atoms with E-state index >= 15 is 0 Å². The Bertz CT molecular complexity index is 1470. The molecule has 1 unspecified atom stereocenters. The lowest BCUT2D eigenvalue weighted by Crippen LogP contribution is -2.51. The maximum Gasteiger partial charge on any atom is 0.428 e. The van der Waals surface area contributed by atoms with E-state index in [2.05, 4.69) is 25.5 Å². The molecule has 4 heterocycles. The zero-order valence-electron chi connectivity index (χ0n) is 20.7. The lowest BCUT2D eigenvalue weighted by atomic mass is 9.86. The third-order valence-corrected chi connectivity index (χ3v) is 8.18. The fourth-order valence-electron chi connectivity index (χ4n) is 5.02. The number of aromatic amines is 1. The van der Waals surface area contributed by atoms with Crippen molar-refractivity contribution in [3.8, 4) is 0 Å². The summed E-state index contributed by atoms with van der Waals surface area (Å²) < 4.78 is 0. The second-order valence-corrected chi connectivity index (χ2v) is 10.7. The molecule has 2 amide bonds. The Labute approximate surface area is 217 Å². The number of H-pyrrole nitrogens is 1. The molecule has 192 valence electrons. The summed E-state index contributed by atoms with van der Waals surface area (Å²) in [5, 5.41) is 14.2. The number of rotatable bonds is 4. The van der Waals surface area contributed by atoms with Crippen LogP contribution in [0, 0.1) is 5.92 Å². The van der Waals surface area contributed by atoms with E-state index in [9.17, 15) is 9.59 Å². The standard InChI is InChI=1S/C25H28N8O3S/c1-31(2)25(35)36-33-9-7-32(8-10-33)24(34)15-3-5-18-20(12-15)37-23-21(18)22(26-14-27-23)29-17-4-6-19-16(11-17)13-28-30-19/h4,6,11,13-15H,3,5,7-10,12H2,1-2H3,(H,28,30)(H,26,27,29). The van der Waals surface area contributed by atoms with Crippen LogP contribution in [0.3, 0.4) is 0 Å². The summed E-state index contributed by atoms with van der Waals surface area (Å²) in [6.45, 7) is 2.13. The van der Waals surface area contributed by atoms with Crippen LogP contribution in [0.2, 0.25) is 0 Å². The van der Waals surface area contributed by atoms with Crippen LogP contribution in [0.5, 0.6) is 0 Å². The van der Waals surface area contributed by atoms with Crippen molar-refractivity contribution in [2.24, 2.45) is 5.92 Å². The van der Waals surface area contributed by atoms with Crippen molar-refractivity contribution in [3.05, 3.63) is 41.2 Å². The van der Waals surface area contributed by atoms with Crippen molar-refractivity contribution in [1.29, 1.82) is 0 Å². The van der Waals surface area contributed by atoms with E-state index in [1.807, 2.05) is 23.1 Å². The highest BCUT2D eigenvalue weighted by atomic mass is 32.1. The van der Waals surface area contributed by atoms with E-state index in [1.54, 1.807) is 43.0 Å². The van der Waals surface area contributed by atoms with E-state index in [-0.39, 0.29) is 11.8 Å². The number of hydrogen-bond donors (Lipinski definition) is 2. The van der Waals surface area contributed by atoms with Gasteiger partial charge in [0.05, 0.1) is 30.2 Å². The molecule has 11 nitrogen and oxygen atoms in total. The molecule has 0 saturated carbocycles. The molecule has 3 aromatic heterocycles. The molecular weight excluding hydrogens is 492 g/mol. The zero-order valence-corrected chi connectivity index (χ0v) is 21.5. The predicted molar refractivity (Wildman–Crippen MR) is 141 cm³/mol. The van der Waals surface area contributed by atoms with Gasteiger partial charge < -0.3 is 20.0 Å². The molecule has 1 aliphatic carbocycles. The van der Waals surface area contributed by atoms with Gasteiger partial charge in [0.25, 0.3) is 0 Å². The van der Waals surface area contributed by atoms with E-state index < -0.39 is 6.09 Å². The molecule has 4 aromatic rings. The van der Waals surface area contributed by atoms with Gasteiger partial charge in [-0.3, -0.25) is 9.89 Å². The van der Waals surface area contributed by atoms with Gasteiger partial charge in [-0.15, -0.1) is 16.4 Å². The number of amides is 2. The average Bonchev–Trinajstić information content (AvgIpc) is 3.52. The lowest BCUT2D eigenvalue weighted by molar-refractivity contribution is -0.152. The number of carbonyl (C=O) groups excluding carboxylic acids is 2. The number of anilines is 2. The Kier molecular flexibility index (Phi) is 6.13. The van der Waals surface area contributed by atoms with Crippen LogP contribution in [-0.2, 0) is 22.5 Å². The van der Waals surface area contributed by atoms with Gasteiger partial charge in [0.15, 0.2) is 0 Å². The zero-order chi connectivity index (χ0) is 25.5. The maximum absolute atomic E-state index is 13.4. The van der Waals surface area contributed by atoms with Gasteiger partial charge in [0, 0.05) is 49.1 Å². The number of piperazine rings is 1. The van der Waals surface area contributed by atoms with Gasteiger partial charge in [-0.25, -0.2) is 14.8 Å². The number of carbonyl (C=O) groups is 2. The number of hydroxylamine groups is 2. The number of hydrogen-bond acceptors (Lipinski definition) is 9. The highest BCUT2D eigenvalue weighted by Gasteiger charge is 2.33. The van der Waals surface area contributed by atoms with E-state index in [0.717, 1.165) is 45.5 Å². The first-order chi connectivity index (χ1) is 18.0. The predicted octanol–water partition coefficient (Wildman–Crippen LogP) is 3.17. The molecule has 12 heteroatoms. The highest BCUT2D eigenvalue weighted by Crippen LogP contribution is 2.41. The number of nitrogens with zero attached hydrogens (tertiary/aromatic N) is 6. The minimum Gasteiger partial charge on any atom is -0.351 e. The largest absolute Gasteiger partial charge is 0.428 e. The quantitative estimate of drug-likeness (QED) is 0.421. The summed E-state index contributed by atoms with van der Waals surface area (Å²) in [7, 11) is 3.30. The van der Waals surface area contributed by atoms with Crippen LogP contribution in [0.1, 0.15) is 16.9 Å². The van der Waals surface area contributed by atoms with Gasteiger partial charge in [-0.05, 0) is 43.0 Å². The Morgan fingerprint density at radius 2 is 2.03 bits per heavy atom. The first-order valence-electron chi connectivity index (χ1n) is 12.3. The number of fused-ring (bicyclic) bond motifs is 4. The molecule has 0 radical (unpaired) electrons. The van der Waals surface area contributed by atoms with Crippen LogP contribution in [0.15, 0.2) is 30.7 Å². The van der Waals surface area contributed by atoms with Crippen molar-refractivity contribution < 1.29 is 14.4 Å². The molecule has 1 aromatic carbocycles. The van der Waals surface area contributed by atoms with Crippen molar-refractivity contribution in [2.75, 3.05) is 45.6 Å². The second kappa shape index (κ2) is 9.60. The second-order valence-electron chi connectivity index (χ2n) is 9.65. The van der Waals surface area contributed by atoms with Crippen LogP contribution >= 0.6 is 11.3 Å². The fourth-order valence-corrected chi connectivity index (χ4v) is 6.29. The smallest absolute Gasteiger partial charge is 0.351 e. The fraction of sp³-hybridized carbons (Fsp3) is 0.400. The molecule has 1 saturated heterocycles. The van der Waals surface area contributed by atoms with Crippen molar-refractivity contribution >= 4 is 56.0 Å². The number of benzene rings is 1. The van der Waals surface area contributed by atoms with Gasteiger partial charge in [-0.2, -0.15) is 5.10 Å². The van der Waals surface area contributed by atoms with Crippen LogP contribution in [0.25, 0.3) is 21.1 Å². The monoisotopic (exact) mass is 520 g/mol. The first kappa shape index (κ1) is 23.6. The van der Waals surface area contributed by atoms with Gasteiger partial charge in [0.2, 0.25) is 5.91 Å². The Morgan fingerprint density at radius 1 is 1.19 bits per heavy atom. The Balaban J connectivity index is 1.15. The first-order valence-corrected chi connectivity index (χ1v) is 13.2. The van der Waals surface area contributed by atoms with Crippen molar-refractivity contribution in [3.63, 3.8) is 0 Å². The number of aromatic nitrogens is 4. The van der Waals surface area contributed by atoms with Crippen molar-refractivity contribution in [2.45, 2.75) is 19.3 Å².